The minimum atomic E-state index is -0.285. The minimum absolute atomic E-state index is 0.132. The van der Waals surface area contributed by atoms with Crippen molar-refractivity contribution in [2.75, 3.05) is 19.4 Å². The fraction of sp³-hybridized carbons (Fsp3) is 0.200. The molecule has 6 nitrogen and oxygen atoms in total. The highest BCUT2D eigenvalue weighted by Gasteiger charge is 2.20. The van der Waals surface area contributed by atoms with E-state index in [1.165, 1.54) is 21.8 Å². The van der Waals surface area contributed by atoms with Gasteiger partial charge in [0.05, 0.1) is 22.5 Å². The fourth-order valence-electron chi connectivity index (χ4n) is 3.62. The number of hydrogen-bond acceptors (Lipinski definition) is 5. The van der Waals surface area contributed by atoms with E-state index < -0.39 is 0 Å². The van der Waals surface area contributed by atoms with E-state index in [0.29, 0.717) is 21.3 Å². The van der Waals surface area contributed by atoms with Crippen molar-refractivity contribution in [2.24, 2.45) is 0 Å². The monoisotopic (exact) mass is 444 g/mol. The number of fused-ring (bicyclic) bond motifs is 1. The van der Waals surface area contributed by atoms with Crippen molar-refractivity contribution in [3.63, 3.8) is 0 Å². The molecule has 0 aliphatic heterocycles. The summed E-state index contributed by atoms with van der Waals surface area (Å²) in [4.78, 5) is 36.9. The molecule has 1 N–H and O–H groups in total. The lowest BCUT2D eigenvalue weighted by molar-refractivity contribution is 0.0831. The molecule has 0 unspecified atom stereocenters. The molecule has 0 aliphatic carbocycles. The third kappa shape index (κ3) is 4.11. The molecule has 2 amide bonds. The highest BCUT2D eigenvalue weighted by molar-refractivity contribution is 7.17. The maximum absolute atomic E-state index is 13.3. The summed E-state index contributed by atoms with van der Waals surface area (Å²) in [6.45, 7) is 5.86. The van der Waals surface area contributed by atoms with Gasteiger partial charge >= 0.3 is 0 Å². The van der Waals surface area contributed by atoms with Crippen LogP contribution in [0.25, 0.3) is 22.2 Å². The third-order valence-corrected chi connectivity index (χ3v) is 6.30. The van der Waals surface area contributed by atoms with E-state index in [1.54, 1.807) is 21.0 Å². The fourth-order valence-corrected chi connectivity index (χ4v) is 4.60. The first-order chi connectivity index (χ1) is 15.2. The number of carbonyl (C=O) groups is 2. The minimum Gasteiger partial charge on any atom is -0.344 e. The average molecular weight is 445 g/mol. The predicted molar refractivity (Wildman–Crippen MR) is 129 cm³/mol. The van der Waals surface area contributed by atoms with Crippen LogP contribution in [-0.4, -0.2) is 40.8 Å². The molecule has 32 heavy (non-hydrogen) atoms. The highest BCUT2D eigenvalue weighted by atomic mass is 32.1. The molecule has 4 aromatic rings. The molecule has 0 fully saturated rings. The second-order valence-corrected chi connectivity index (χ2v) is 8.98. The second kappa shape index (κ2) is 8.51. The summed E-state index contributed by atoms with van der Waals surface area (Å²) in [6.07, 6.45) is 0. The van der Waals surface area contributed by atoms with E-state index in [2.05, 4.69) is 23.3 Å². The van der Waals surface area contributed by atoms with Gasteiger partial charge in [0.25, 0.3) is 11.8 Å². The quantitative estimate of drug-likeness (QED) is 0.467. The Labute approximate surface area is 190 Å². The number of pyridine rings is 1. The van der Waals surface area contributed by atoms with Gasteiger partial charge in [-0.1, -0.05) is 53.3 Å². The van der Waals surface area contributed by atoms with E-state index >= 15 is 0 Å². The molecule has 0 atom stereocenters. The molecule has 0 saturated carbocycles. The second-order valence-electron chi connectivity index (χ2n) is 7.98. The van der Waals surface area contributed by atoms with E-state index in [0.717, 1.165) is 27.7 Å². The van der Waals surface area contributed by atoms with Crippen LogP contribution in [0.15, 0.2) is 48.5 Å². The lowest BCUT2D eigenvalue weighted by Gasteiger charge is -2.11. The number of para-hydroxylation sites is 1. The van der Waals surface area contributed by atoms with Gasteiger partial charge < -0.3 is 4.90 Å². The first-order valence-electron chi connectivity index (χ1n) is 10.2. The topological polar surface area (TPSA) is 75.2 Å². The first-order valence-corrected chi connectivity index (χ1v) is 11.0. The van der Waals surface area contributed by atoms with Crippen molar-refractivity contribution >= 4 is 39.2 Å². The Balaban J connectivity index is 1.76. The molecular formula is C25H24N4O2S. The number of aryl methyl sites for hydroxylation is 3. The predicted octanol–water partition coefficient (Wildman–Crippen LogP) is 5.24. The summed E-state index contributed by atoms with van der Waals surface area (Å²) < 4.78 is 0. The number of nitrogens with one attached hydrogen (secondary N) is 1. The van der Waals surface area contributed by atoms with Crippen molar-refractivity contribution in [1.29, 1.82) is 0 Å². The molecule has 0 aliphatic rings. The first kappa shape index (κ1) is 21.6. The van der Waals surface area contributed by atoms with E-state index in [9.17, 15) is 9.59 Å². The molecule has 0 spiro atoms. The molecule has 4 rings (SSSR count). The van der Waals surface area contributed by atoms with Crippen LogP contribution in [0.3, 0.4) is 0 Å². The summed E-state index contributed by atoms with van der Waals surface area (Å²) in [5.41, 5.74) is 5.85. The van der Waals surface area contributed by atoms with Crippen molar-refractivity contribution < 1.29 is 9.59 Å². The zero-order valence-electron chi connectivity index (χ0n) is 18.7. The largest absolute Gasteiger partial charge is 0.344 e. The van der Waals surface area contributed by atoms with Gasteiger partial charge in [-0.05, 0) is 38.5 Å². The van der Waals surface area contributed by atoms with Crippen molar-refractivity contribution in [3.05, 3.63) is 75.8 Å². The SMILES string of the molecule is Cc1ccc(-c2cc(C(=O)Nc3nc(C)c(C(=O)N(C)C)s3)c3ccccc3n2)c(C)c1. The Morgan fingerprint density at radius 3 is 2.44 bits per heavy atom. The van der Waals surface area contributed by atoms with Gasteiger partial charge in [-0.3, -0.25) is 14.9 Å². The van der Waals surface area contributed by atoms with Crippen LogP contribution in [0, 0.1) is 20.8 Å². The Bertz CT molecular complexity index is 1360. The summed E-state index contributed by atoms with van der Waals surface area (Å²) in [7, 11) is 3.38. The number of rotatable bonds is 4. The number of benzene rings is 2. The summed E-state index contributed by atoms with van der Waals surface area (Å²) in [5.74, 6) is -0.417. The highest BCUT2D eigenvalue weighted by Crippen LogP contribution is 2.29. The van der Waals surface area contributed by atoms with Crippen molar-refractivity contribution in [2.45, 2.75) is 20.8 Å². The number of thiazole rings is 1. The summed E-state index contributed by atoms with van der Waals surface area (Å²) >= 11 is 1.18. The lowest BCUT2D eigenvalue weighted by Crippen LogP contribution is -2.21. The van der Waals surface area contributed by atoms with Gasteiger partial charge in [-0.25, -0.2) is 9.97 Å². The molecule has 162 valence electrons. The molecule has 0 saturated heterocycles. The lowest BCUT2D eigenvalue weighted by atomic mass is 9.99. The number of aromatic nitrogens is 2. The van der Waals surface area contributed by atoms with E-state index in [1.807, 2.05) is 49.4 Å². The van der Waals surface area contributed by atoms with Crippen LogP contribution < -0.4 is 5.32 Å². The molecule has 2 heterocycles. The Kier molecular flexibility index (Phi) is 5.76. The van der Waals surface area contributed by atoms with Gasteiger partial charge in [-0.2, -0.15) is 0 Å². The molecule has 2 aromatic heterocycles. The van der Waals surface area contributed by atoms with Crippen molar-refractivity contribution in [3.8, 4) is 11.3 Å². The standard InChI is InChI=1S/C25H24N4O2S/c1-14-10-11-17(15(2)12-14)21-13-19(18-8-6-7-9-20(18)27-21)23(30)28-25-26-16(3)22(32-25)24(31)29(4)5/h6-13H,1-5H3,(H,26,28,30). The molecular weight excluding hydrogens is 420 g/mol. The van der Waals surface area contributed by atoms with Crippen LogP contribution in [0.4, 0.5) is 5.13 Å². The molecule has 0 bridgehead atoms. The van der Waals surface area contributed by atoms with Crippen LogP contribution in [0.2, 0.25) is 0 Å². The number of nitrogens with zero attached hydrogens (tertiary/aromatic N) is 3. The van der Waals surface area contributed by atoms with Gasteiger partial charge in [0, 0.05) is 25.0 Å². The Hall–Kier alpha value is -3.58. The number of hydrogen-bond donors (Lipinski definition) is 1. The molecule has 7 heteroatoms. The molecule has 2 aromatic carbocycles. The Morgan fingerprint density at radius 2 is 1.72 bits per heavy atom. The summed E-state index contributed by atoms with van der Waals surface area (Å²) in [6, 6.07) is 15.6. The smallest absolute Gasteiger partial charge is 0.265 e. The van der Waals surface area contributed by atoms with Gasteiger partial charge in [0.2, 0.25) is 0 Å². The maximum Gasteiger partial charge on any atom is 0.265 e. The van der Waals surface area contributed by atoms with Crippen LogP contribution in [0.5, 0.6) is 0 Å². The zero-order chi connectivity index (χ0) is 23.0. The van der Waals surface area contributed by atoms with E-state index in [-0.39, 0.29) is 11.8 Å². The van der Waals surface area contributed by atoms with Gasteiger partial charge in [-0.15, -0.1) is 0 Å². The van der Waals surface area contributed by atoms with Crippen molar-refractivity contribution in [1.82, 2.24) is 14.9 Å². The normalized spacial score (nSPS) is 10.9. The summed E-state index contributed by atoms with van der Waals surface area (Å²) in [5, 5.41) is 4.03. The third-order valence-electron chi connectivity index (χ3n) is 5.24. The van der Waals surface area contributed by atoms with Gasteiger partial charge in [0.15, 0.2) is 5.13 Å². The number of anilines is 1. The van der Waals surface area contributed by atoms with Crippen LogP contribution in [0.1, 0.15) is 36.9 Å². The number of carbonyl (C=O) groups excluding carboxylic acids is 2. The van der Waals surface area contributed by atoms with Gasteiger partial charge in [0.1, 0.15) is 4.88 Å². The zero-order valence-corrected chi connectivity index (χ0v) is 19.5. The molecule has 0 radical (unpaired) electrons. The van der Waals surface area contributed by atoms with Crippen LogP contribution >= 0.6 is 11.3 Å². The number of amides is 2. The van der Waals surface area contributed by atoms with E-state index in [4.69, 9.17) is 4.98 Å². The Morgan fingerprint density at radius 1 is 0.969 bits per heavy atom. The maximum atomic E-state index is 13.3. The van der Waals surface area contributed by atoms with Crippen LogP contribution in [-0.2, 0) is 0 Å². The average Bonchev–Trinajstić information content (AvgIpc) is 3.12.